The van der Waals surface area contributed by atoms with Crippen molar-refractivity contribution in [3.05, 3.63) is 39.7 Å². The first kappa shape index (κ1) is 17.8. The minimum absolute atomic E-state index is 0.140. The average Bonchev–Trinajstić information content (AvgIpc) is 3.29. The highest BCUT2D eigenvalue weighted by atomic mass is 79.9. The Morgan fingerprint density at radius 3 is 2.46 bits per heavy atom. The van der Waals surface area contributed by atoms with Crippen LogP contribution in [0, 0.1) is 0 Å². The largest absolute Gasteiger partial charge is 0.454 e. The average molecular weight is 459 g/mol. The van der Waals surface area contributed by atoms with E-state index in [-0.39, 0.29) is 25.8 Å². The summed E-state index contributed by atoms with van der Waals surface area (Å²) in [5.41, 5.74) is 0.507. The quantitative estimate of drug-likeness (QED) is 0.705. The third-order valence-electron chi connectivity index (χ3n) is 4.29. The van der Waals surface area contributed by atoms with Crippen LogP contribution in [-0.4, -0.2) is 56.5 Å². The van der Waals surface area contributed by atoms with Gasteiger partial charge < -0.3 is 14.4 Å². The van der Waals surface area contributed by atoms with Crippen molar-refractivity contribution >= 4 is 43.2 Å². The fraction of sp³-hybridized carbons (Fsp3) is 0.312. The molecule has 0 bridgehead atoms. The molecule has 2 aliphatic rings. The van der Waals surface area contributed by atoms with Gasteiger partial charge in [-0.2, -0.15) is 4.31 Å². The lowest BCUT2D eigenvalue weighted by Gasteiger charge is -2.33. The predicted molar refractivity (Wildman–Crippen MR) is 99.2 cm³/mol. The van der Waals surface area contributed by atoms with Gasteiger partial charge in [-0.25, -0.2) is 8.42 Å². The monoisotopic (exact) mass is 458 g/mol. The van der Waals surface area contributed by atoms with Gasteiger partial charge in [0.25, 0.3) is 15.9 Å². The maximum atomic E-state index is 12.7. The van der Waals surface area contributed by atoms with Crippen molar-refractivity contribution in [1.82, 2.24) is 9.21 Å². The number of rotatable bonds is 3. The molecule has 0 unspecified atom stereocenters. The first-order valence-electron chi connectivity index (χ1n) is 7.89. The highest BCUT2D eigenvalue weighted by Crippen LogP contribution is 2.33. The highest BCUT2D eigenvalue weighted by molar-refractivity contribution is 9.11. The molecule has 0 radical (unpaired) electrons. The van der Waals surface area contributed by atoms with Gasteiger partial charge in [0, 0.05) is 31.7 Å². The second kappa shape index (κ2) is 6.84. The van der Waals surface area contributed by atoms with Gasteiger partial charge in [0.05, 0.1) is 3.79 Å². The summed E-state index contributed by atoms with van der Waals surface area (Å²) in [5.74, 6) is 1.04. The molecule has 1 aromatic carbocycles. The number of hydrogen-bond acceptors (Lipinski definition) is 6. The Morgan fingerprint density at radius 1 is 1.04 bits per heavy atom. The van der Waals surface area contributed by atoms with Crippen molar-refractivity contribution < 1.29 is 22.7 Å². The van der Waals surface area contributed by atoms with Gasteiger partial charge in [-0.05, 0) is 46.3 Å². The molecule has 26 heavy (non-hydrogen) atoms. The summed E-state index contributed by atoms with van der Waals surface area (Å²) >= 11 is 4.47. The molecular weight excluding hydrogens is 444 g/mol. The maximum absolute atomic E-state index is 12.7. The number of hydrogen-bond donors (Lipinski definition) is 0. The molecule has 2 aromatic rings. The number of nitrogens with zero attached hydrogens (tertiary/aromatic N) is 2. The van der Waals surface area contributed by atoms with Gasteiger partial charge >= 0.3 is 0 Å². The summed E-state index contributed by atoms with van der Waals surface area (Å²) < 4.78 is 38.4. The molecule has 2 aliphatic heterocycles. The number of fused-ring (bicyclic) bond motifs is 1. The lowest BCUT2D eigenvalue weighted by atomic mass is 10.1. The van der Waals surface area contributed by atoms with Gasteiger partial charge in [-0.1, -0.05) is 0 Å². The number of halogens is 1. The minimum Gasteiger partial charge on any atom is -0.454 e. The number of sulfonamides is 1. The van der Waals surface area contributed by atoms with E-state index in [9.17, 15) is 13.2 Å². The first-order chi connectivity index (χ1) is 12.4. The van der Waals surface area contributed by atoms with E-state index in [2.05, 4.69) is 15.9 Å². The summed E-state index contributed by atoms with van der Waals surface area (Å²) in [6.07, 6.45) is 0. The summed E-state index contributed by atoms with van der Waals surface area (Å²) in [6.45, 7) is 1.39. The second-order valence-corrected chi connectivity index (χ2v) is 10.5. The van der Waals surface area contributed by atoms with Crippen LogP contribution in [0.1, 0.15) is 10.4 Å². The Balaban J connectivity index is 1.44. The van der Waals surface area contributed by atoms with Gasteiger partial charge in [0.2, 0.25) is 6.79 Å². The molecule has 7 nitrogen and oxygen atoms in total. The summed E-state index contributed by atoms with van der Waals surface area (Å²) in [5, 5.41) is 0. The number of carbonyl (C=O) groups excluding carboxylic acids is 1. The van der Waals surface area contributed by atoms with Crippen molar-refractivity contribution in [1.29, 1.82) is 0 Å². The Hall–Kier alpha value is -1.62. The summed E-state index contributed by atoms with van der Waals surface area (Å²) in [4.78, 5) is 14.3. The van der Waals surface area contributed by atoms with Crippen LogP contribution >= 0.6 is 27.3 Å². The lowest BCUT2D eigenvalue weighted by Crippen LogP contribution is -2.50. The zero-order chi connectivity index (χ0) is 18.3. The molecule has 0 saturated carbocycles. The number of piperazine rings is 1. The minimum atomic E-state index is -3.52. The smallest absolute Gasteiger partial charge is 0.254 e. The molecule has 1 amide bonds. The van der Waals surface area contributed by atoms with Gasteiger partial charge in [0.15, 0.2) is 11.5 Å². The van der Waals surface area contributed by atoms with Gasteiger partial charge in [0.1, 0.15) is 4.21 Å². The molecule has 138 valence electrons. The fourth-order valence-electron chi connectivity index (χ4n) is 2.91. The van der Waals surface area contributed by atoms with Crippen LogP contribution in [0.5, 0.6) is 11.5 Å². The molecule has 0 spiro atoms. The Kier molecular flexibility index (Phi) is 4.68. The normalized spacial score (nSPS) is 17.5. The molecule has 1 saturated heterocycles. The van der Waals surface area contributed by atoms with Crippen LogP contribution in [0.15, 0.2) is 38.3 Å². The number of thiophene rings is 1. The van der Waals surface area contributed by atoms with Crippen LogP contribution in [0.2, 0.25) is 0 Å². The van der Waals surface area contributed by atoms with Crippen molar-refractivity contribution in [2.24, 2.45) is 0 Å². The van der Waals surface area contributed by atoms with E-state index in [1.807, 2.05) is 0 Å². The number of ether oxygens (including phenoxy) is 2. The number of benzene rings is 1. The topological polar surface area (TPSA) is 76.2 Å². The van der Waals surface area contributed by atoms with Gasteiger partial charge in [-0.3, -0.25) is 4.79 Å². The van der Waals surface area contributed by atoms with E-state index in [1.54, 1.807) is 35.2 Å². The van der Waals surface area contributed by atoms with Crippen LogP contribution in [0.25, 0.3) is 0 Å². The van der Waals surface area contributed by atoms with E-state index in [1.165, 1.54) is 15.6 Å². The SMILES string of the molecule is O=C(c1ccc2c(c1)OCO2)N1CCN(S(=O)(=O)c2ccc(Br)s2)CC1. The molecule has 3 heterocycles. The van der Waals surface area contributed by atoms with Crippen LogP contribution < -0.4 is 9.47 Å². The summed E-state index contributed by atoms with van der Waals surface area (Å²) in [6, 6.07) is 8.38. The molecule has 4 rings (SSSR count). The van der Waals surface area contributed by atoms with Crippen molar-refractivity contribution in [3.63, 3.8) is 0 Å². The van der Waals surface area contributed by atoms with Crippen LogP contribution in [0.4, 0.5) is 0 Å². The summed E-state index contributed by atoms with van der Waals surface area (Å²) in [7, 11) is -3.52. The van der Waals surface area contributed by atoms with E-state index < -0.39 is 10.0 Å². The van der Waals surface area contributed by atoms with Crippen molar-refractivity contribution in [2.75, 3.05) is 33.0 Å². The molecule has 0 atom stereocenters. The third kappa shape index (κ3) is 3.22. The first-order valence-corrected chi connectivity index (χ1v) is 10.9. The fourth-order valence-corrected chi connectivity index (χ4v) is 6.49. The molecule has 1 fully saturated rings. The van der Waals surface area contributed by atoms with E-state index in [0.717, 1.165) is 3.79 Å². The van der Waals surface area contributed by atoms with Crippen molar-refractivity contribution in [2.45, 2.75) is 4.21 Å². The Morgan fingerprint density at radius 2 is 1.77 bits per heavy atom. The van der Waals surface area contributed by atoms with E-state index in [0.29, 0.717) is 34.4 Å². The zero-order valence-electron chi connectivity index (χ0n) is 13.6. The Bertz CT molecular complexity index is 951. The predicted octanol–water partition coefficient (Wildman–Crippen LogP) is 2.39. The molecule has 0 aliphatic carbocycles. The number of carbonyl (C=O) groups is 1. The van der Waals surface area contributed by atoms with Crippen LogP contribution in [-0.2, 0) is 10.0 Å². The number of amides is 1. The second-order valence-electron chi connectivity index (χ2n) is 5.82. The molecule has 10 heteroatoms. The maximum Gasteiger partial charge on any atom is 0.254 e. The molecule has 1 aromatic heterocycles. The zero-order valence-corrected chi connectivity index (χ0v) is 16.8. The highest BCUT2D eigenvalue weighted by Gasteiger charge is 2.31. The van der Waals surface area contributed by atoms with Gasteiger partial charge in [-0.15, -0.1) is 11.3 Å². The Labute approximate surface area is 163 Å². The molecular formula is C16H15BrN2O5S2. The lowest BCUT2D eigenvalue weighted by molar-refractivity contribution is 0.0697. The van der Waals surface area contributed by atoms with E-state index >= 15 is 0 Å². The van der Waals surface area contributed by atoms with Crippen LogP contribution in [0.3, 0.4) is 0 Å². The van der Waals surface area contributed by atoms with E-state index in [4.69, 9.17) is 9.47 Å². The third-order valence-corrected chi connectivity index (χ3v) is 8.28. The molecule has 0 N–H and O–H groups in total. The standard InChI is InChI=1S/C16H15BrN2O5S2/c17-14-3-4-15(25-14)26(21,22)19-7-5-18(6-8-19)16(20)11-1-2-12-13(9-11)24-10-23-12/h1-4,9H,5-8,10H2. The van der Waals surface area contributed by atoms with Crippen molar-refractivity contribution in [3.8, 4) is 11.5 Å².